The Morgan fingerprint density at radius 3 is 2.65 bits per heavy atom. The van der Waals surface area contributed by atoms with Crippen LogP contribution in [0.3, 0.4) is 0 Å². The molecule has 23 heavy (non-hydrogen) atoms. The van der Waals surface area contributed by atoms with Crippen molar-refractivity contribution in [3.63, 3.8) is 0 Å². The van der Waals surface area contributed by atoms with Crippen molar-refractivity contribution in [2.24, 2.45) is 5.92 Å². The Hall–Kier alpha value is -3.11. The smallest absolute Gasteiger partial charge is 0.313 e. The second-order valence-electron chi connectivity index (χ2n) is 4.55. The van der Waals surface area contributed by atoms with Crippen LogP contribution in [0.1, 0.15) is 5.56 Å². The lowest BCUT2D eigenvalue weighted by atomic mass is 9.87. The molecule has 1 aromatic carbocycles. The lowest BCUT2D eigenvalue weighted by Crippen LogP contribution is -2.38. The molecule has 10 heteroatoms. The minimum absolute atomic E-state index is 0.0658. The van der Waals surface area contributed by atoms with Gasteiger partial charge in [-0.3, -0.25) is 19.7 Å². The summed E-state index contributed by atoms with van der Waals surface area (Å²) in [4.78, 5) is 33.5. The van der Waals surface area contributed by atoms with Crippen LogP contribution in [0.4, 0.5) is 11.4 Å². The van der Waals surface area contributed by atoms with E-state index in [9.17, 15) is 30.2 Å². The van der Waals surface area contributed by atoms with Crippen molar-refractivity contribution in [3.8, 4) is 12.1 Å². The number of aliphatic carboxylic acids is 1. The third-order valence-electron chi connectivity index (χ3n) is 3.29. The monoisotopic (exact) mass is 332 g/mol. The Bertz CT molecular complexity index is 783. The number of nitro groups is 1. The lowest BCUT2D eigenvalue weighted by Gasteiger charge is -2.26. The highest BCUT2D eigenvalue weighted by molar-refractivity contribution is 8.01. The number of hydrogen-bond donors (Lipinski definition) is 2. The molecule has 0 aromatic heterocycles. The number of nitro benzene ring substituents is 1. The number of carboxylic acids is 1. The SMILES string of the molecule is N#CC(C#N)C1(SCC(=O)O)C(=O)Nc2ccc([N+](=O)[O-])cc21. The molecule has 1 unspecified atom stereocenters. The van der Waals surface area contributed by atoms with Crippen LogP contribution in [-0.4, -0.2) is 27.7 Å². The topological polar surface area (TPSA) is 157 Å². The van der Waals surface area contributed by atoms with Gasteiger partial charge in [0.15, 0.2) is 10.7 Å². The summed E-state index contributed by atoms with van der Waals surface area (Å²) in [5.41, 5.74) is -0.0415. The minimum atomic E-state index is -1.83. The number of nitrogens with one attached hydrogen (secondary N) is 1. The van der Waals surface area contributed by atoms with Gasteiger partial charge in [0.2, 0.25) is 5.91 Å². The van der Waals surface area contributed by atoms with Crippen molar-refractivity contribution in [1.82, 2.24) is 0 Å². The van der Waals surface area contributed by atoms with Gasteiger partial charge in [0.25, 0.3) is 5.69 Å². The maximum atomic E-state index is 12.4. The zero-order valence-electron chi connectivity index (χ0n) is 11.3. The minimum Gasteiger partial charge on any atom is -0.481 e. The number of carboxylic acid groups (broad SMARTS) is 1. The highest BCUT2D eigenvalue weighted by atomic mass is 32.2. The molecule has 1 aliphatic heterocycles. The number of benzene rings is 1. The lowest BCUT2D eigenvalue weighted by molar-refractivity contribution is -0.384. The van der Waals surface area contributed by atoms with Gasteiger partial charge in [0.1, 0.15) is 0 Å². The molecule has 0 fully saturated rings. The molecule has 0 aliphatic carbocycles. The van der Waals surface area contributed by atoms with Crippen molar-refractivity contribution in [2.75, 3.05) is 11.1 Å². The van der Waals surface area contributed by atoms with Crippen molar-refractivity contribution in [1.29, 1.82) is 10.5 Å². The standard InChI is InChI=1S/C13H8N4O5S/c14-4-7(5-15)13(23-6-11(18)19)9-3-8(17(21)22)1-2-10(9)16-12(13)20/h1-3,7H,6H2,(H,16,20)(H,18,19). The van der Waals surface area contributed by atoms with Crippen LogP contribution in [-0.2, 0) is 14.3 Å². The zero-order valence-corrected chi connectivity index (χ0v) is 12.2. The van der Waals surface area contributed by atoms with Gasteiger partial charge in [-0.05, 0) is 6.07 Å². The van der Waals surface area contributed by atoms with E-state index in [1.807, 2.05) is 0 Å². The van der Waals surface area contributed by atoms with E-state index >= 15 is 0 Å². The van der Waals surface area contributed by atoms with Crippen molar-refractivity contribution >= 4 is 35.0 Å². The molecule has 1 heterocycles. The van der Waals surface area contributed by atoms with Crippen LogP contribution in [0, 0.1) is 38.7 Å². The number of nitriles is 2. The number of nitrogens with zero attached hydrogens (tertiary/aromatic N) is 3. The fourth-order valence-electron chi connectivity index (χ4n) is 2.30. The number of carbonyl (C=O) groups excluding carboxylic acids is 1. The summed E-state index contributed by atoms with van der Waals surface area (Å²) >= 11 is 0.589. The number of fused-ring (bicyclic) bond motifs is 1. The molecule has 116 valence electrons. The van der Waals surface area contributed by atoms with Crippen molar-refractivity contribution in [2.45, 2.75) is 4.75 Å². The molecule has 2 N–H and O–H groups in total. The Balaban J connectivity index is 2.68. The molecule has 1 aromatic rings. The quantitative estimate of drug-likeness (QED) is 0.601. The van der Waals surface area contributed by atoms with Gasteiger partial charge in [-0.25, -0.2) is 0 Å². The molecular formula is C13H8N4O5S. The van der Waals surface area contributed by atoms with Crippen LogP contribution in [0.2, 0.25) is 0 Å². The molecule has 9 nitrogen and oxygen atoms in total. The van der Waals surface area contributed by atoms with E-state index in [4.69, 9.17) is 5.11 Å². The van der Waals surface area contributed by atoms with E-state index in [0.717, 1.165) is 6.07 Å². The normalized spacial score (nSPS) is 18.7. The predicted octanol–water partition coefficient (Wildman–Crippen LogP) is 1.22. The maximum absolute atomic E-state index is 12.4. The number of carbonyl (C=O) groups is 2. The van der Waals surface area contributed by atoms with Crippen molar-refractivity contribution in [3.05, 3.63) is 33.9 Å². The molecule has 2 rings (SSSR count). The van der Waals surface area contributed by atoms with Gasteiger partial charge in [0.05, 0.1) is 22.8 Å². The molecule has 1 aliphatic rings. The molecular weight excluding hydrogens is 324 g/mol. The predicted molar refractivity (Wildman–Crippen MR) is 78.2 cm³/mol. The van der Waals surface area contributed by atoms with Crippen LogP contribution in [0.15, 0.2) is 18.2 Å². The first kappa shape index (κ1) is 16.3. The largest absolute Gasteiger partial charge is 0.481 e. The Morgan fingerprint density at radius 1 is 1.48 bits per heavy atom. The summed E-state index contributed by atoms with van der Waals surface area (Å²) in [6.45, 7) is 0. The second kappa shape index (κ2) is 5.94. The average Bonchev–Trinajstić information content (AvgIpc) is 2.78. The highest BCUT2D eigenvalue weighted by Crippen LogP contribution is 2.51. The highest BCUT2D eigenvalue weighted by Gasteiger charge is 2.54. The van der Waals surface area contributed by atoms with E-state index in [2.05, 4.69) is 5.32 Å². The Morgan fingerprint density at radius 2 is 2.13 bits per heavy atom. The van der Waals surface area contributed by atoms with Crippen molar-refractivity contribution < 1.29 is 19.6 Å². The summed E-state index contributed by atoms with van der Waals surface area (Å²) in [6.07, 6.45) is 0. The van der Waals surface area contributed by atoms with E-state index in [1.165, 1.54) is 12.1 Å². The number of rotatable bonds is 5. The number of hydrogen-bond acceptors (Lipinski definition) is 7. The van der Waals surface area contributed by atoms with E-state index in [-0.39, 0.29) is 16.9 Å². The molecule has 0 spiro atoms. The first-order valence-electron chi connectivity index (χ1n) is 6.12. The van der Waals surface area contributed by atoms with Gasteiger partial charge in [-0.15, -0.1) is 11.8 Å². The first-order valence-corrected chi connectivity index (χ1v) is 7.10. The third-order valence-corrected chi connectivity index (χ3v) is 4.78. The number of amides is 1. The van der Waals surface area contributed by atoms with Gasteiger partial charge >= 0.3 is 5.97 Å². The van der Waals surface area contributed by atoms with Crippen LogP contribution in [0.25, 0.3) is 0 Å². The molecule has 0 saturated carbocycles. The summed E-state index contributed by atoms with van der Waals surface area (Å²) in [7, 11) is 0. The van der Waals surface area contributed by atoms with E-state index < -0.39 is 33.2 Å². The fraction of sp³-hybridized carbons (Fsp3) is 0.231. The van der Waals surface area contributed by atoms with Gasteiger partial charge < -0.3 is 10.4 Å². The maximum Gasteiger partial charge on any atom is 0.313 e. The average molecular weight is 332 g/mol. The zero-order chi connectivity index (χ0) is 17.2. The van der Waals surface area contributed by atoms with Gasteiger partial charge in [-0.1, -0.05) is 0 Å². The van der Waals surface area contributed by atoms with Crippen LogP contribution >= 0.6 is 11.8 Å². The van der Waals surface area contributed by atoms with Gasteiger partial charge in [0, 0.05) is 23.4 Å². The Kier molecular flexibility index (Phi) is 4.20. The van der Waals surface area contributed by atoms with Crippen LogP contribution in [0.5, 0.6) is 0 Å². The molecule has 1 amide bonds. The first-order chi connectivity index (χ1) is 10.9. The number of non-ortho nitro benzene ring substituents is 1. The third kappa shape index (κ3) is 2.56. The summed E-state index contributed by atoms with van der Waals surface area (Å²) in [6, 6.07) is 6.90. The van der Waals surface area contributed by atoms with Crippen LogP contribution < -0.4 is 5.32 Å². The van der Waals surface area contributed by atoms with Gasteiger partial charge in [-0.2, -0.15) is 10.5 Å². The van der Waals surface area contributed by atoms with E-state index in [1.54, 1.807) is 12.1 Å². The number of thioether (sulfide) groups is 1. The molecule has 0 radical (unpaired) electrons. The van der Waals surface area contributed by atoms with E-state index in [0.29, 0.717) is 11.8 Å². The second-order valence-corrected chi connectivity index (χ2v) is 5.77. The molecule has 0 saturated heterocycles. The Labute approximate surface area is 133 Å². The number of anilines is 1. The summed E-state index contributed by atoms with van der Waals surface area (Å²) < 4.78 is -1.83. The molecule has 0 bridgehead atoms. The summed E-state index contributed by atoms with van der Waals surface area (Å²) in [5.74, 6) is -4.03. The summed E-state index contributed by atoms with van der Waals surface area (Å²) in [5, 5.41) is 40.6. The fourth-order valence-corrected chi connectivity index (χ4v) is 3.43. The molecule has 1 atom stereocenters.